The first kappa shape index (κ1) is 15.4. The van der Waals surface area contributed by atoms with Crippen LogP contribution in [0.5, 0.6) is 0 Å². The number of anilines is 3. The molecule has 0 amide bonds. The van der Waals surface area contributed by atoms with E-state index < -0.39 is 0 Å². The molecule has 0 bridgehead atoms. The predicted molar refractivity (Wildman–Crippen MR) is 93.6 cm³/mol. The van der Waals surface area contributed by atoms with Crippen LogP contribution in [0.3, 0.4) is 0 Å². The zero-order valence-corrected chi connectivity index (χ0v) is 13.7. The summed E-state index contributed by atoms with van der Waals surface area (Å²) in [5.74, 6) is 1.78. The van der Waals surface area contributed by atoms with Crippen LogP contribution in [0.15, 0.2) is 49.4 Å². The van der Waals surface area contributed by atoms with Crippen molar-refractivity contribution in [2.24, 2.45) is 0 Å². The van der Waals surface area contributed by atoms with E-state index in [0.717, 1.165) is 43.3 Å². The van der Waals surface area contributed by atoms with Gasteiger partial charge in [-0.3, -0.25) is 0 Å². The van der Waals surface area contributed by atoms with Crippen molar-refractivity contribution in [2.75, 3.05) is 23.3 Å². The van der Waals surface area contributed by atoms with Crippen molar-refractivity contribution >= 4 is 17.6 Å². The van der Waals surface area contributed by atoms with Gasteiger partial charge in [-0.25, -0.2) is 29.9 Å². The van der Waals surface area contributed by atoms with Crippen molar-refractivity contribution in [1.29, 1.82) is 0 Å². The van der Waals surface area contributed by atoms with E-state index in [1.165, 1.54) is 6.33 Å². The van der Waals surface area contributed by atoms with Gasteiger partial charge in [0.25, 0.3) is 0 Å². The van der Waals surface area contributed by atoms with Crippen molar-refractivity contribution in [1.82, 2.24) is 29.9 Å². The van der Waals surface area contributed by atoms with E-state index in [1.807, 2.05) is 12.1 Å². The van der Waals surface area contributed by atoms with Crippen LogP contribution in [0.4, 0.5) is 17.6 Å². The Balaban J connectivity index is 1.42. The third-order valence-corrected chi connectivity index (χ3v) is 4.24. The van der Waals surface area contributed by atoms with Crippen molar-refractivity contribution in [3.05, 3.63) is 55.1 Å². The first-order chi connectivity index (χ1) is 12.4. The normalized spacial score (nSPS) is 15.1. The Kier molecular flexibility index (Phi) is 4.40. The van der Waals surface area contributed by atoms with Gasteiger partial charge in [0.15, 0.2) is 0 Å². The second-order valence-electron chi connectivity index (χ2n) is 5.87. The molecule has 0 spiro atoms. The summed E-state index contributed by atoms with van der Waals surface area (Å²) >= 11 is 0. The molecule has 0 aliphatic carbocycles. The minimum Gasteiger partial charge on any atom is -0.341 e. The Morgan fingerprint density at radius 2 is 1.72 bits per heavy atom. The maximum Gasteiger partial charge on any atom is 0.227 e. The zero-order valence-electron chi connectivity index (χ0n) is 13.7. The average molecular weight is 334 g/mol. The molecule has 25 heavy (non-hydrogen) atoms. The van der Waals surface area contributed by atoms with Gasteiger partial charge < -0.3 is 10.2 Å². The third kappa shape index (κ3) is 3.68. The molecule has 4 rings (SSSR count). The lowest BCUT2D eigenvalue weighted by Gasteiger charge is -2.31. The highest BCUT2D eigenvalue weighted by molar-refractivity contribution is 5.49. The zero-order chi connectivity index (χ0) is 16.9. The maximum atomic E-state index is 4.66. The summed E-state index contributed by atoms with van der Waals surface area (Å²) in [5.41, 5.74) is 1.83. The summed E-state index contributed by atoms with van der Waals surface area (Å²) in [6, 6.07) is 3.83. The van der Waals surface area contributed by atoms with Gasteiger partial charge in [-0.2, -0.15) is 0 Å². The first-order valence-electron chi connectivity index (χ1n) is 8.25. The van der Waals surface area contributed by atoms with Crippen molar-refractivity contribution in [2.45, 2.75) is 18.8 Å². The van der Waals surface area contributed by atoms with Gasteiger partial charge in [-0.1, -0.05) is 0 Å². The molecule has 8 nitrogen and oxygen atoms in total. The van der Waals surface area contributed by atoms with Crippen molar-refractivity contribution in [3.8, 4) is 0 Å². The summed E-state index contributed by atoms with van der Waals surface area (Å²) in [6.45, 7) is 1.85. The van der Waals surface area contributed by atoms with E-state index in [9.17, 15) is 0 Å². The highest BCUT2D eigenvalue weighted by Gasteiger charge is 2.23. The molecule has 8 heteroatoms. The quantitative estimate of drug-likeness (QED) is 0.776. The van der Waals surface area contributed by atoms with Gasteiger partial charge in [0, 0.05) is 43.3 Å². The Hall–Kier alpha value is -3.16. The van der Waals surface area contributed by atoms with Gasteiger partial charge >= 0.3 is 0 Å². The molecule has 1 aliphatic heterocycles. The molecule has 0 aromatic carbocycles. The second-order valence-corrected chi connectivity index (χ2v) is 5.87. The van der Waals surface area contributed by atoms with Crippen LogP contribution in [0.2, 0.25) is 0 Å². The Labute approximate surface area is 145 Å². The number of piperidine rings is 1. The van der Waals surface area contributed by atoms with Gasteiger partial charge in [-0.15, -0.1) is 0 Å². The number of aromatic nitrogens is 6. The predicted octanol–water partition coefficient (Wildman–Crippen LogP) is 2.18. The molecule has 1 N–H and O–H groups in total. The molecule has 126 valence electrons. The Morgan fingerprint density at radius 1 is 0.960 bits per heavy atom. The van der Waals surface area contributed by atoms with Crippen LogP contribution < -0.4 is 10.2 Å². The van der Waals surface area contributed by atoms with Crippen LogP contribution in [0, 0.1) is 0 Å². The van der Waals surface area contributed by atoms with E-state index in [-0.39, 0.29) is 0 Å². The molecule has 4 heterocycles. The third-order valence-electron chi connectivity index (χ3n) is 4.24. The molecule has 1 aliphatic rings. The number of nitrogens with one attached hydrogen (secondary N) is 1. The fourth-order valence-electron chi connectivity index (χ4n) is 2.98. The molecule has 1 saturated heterocycles. The standard InChI is InChI=1S/C17H18N8/c1-5-21-17(22-6-1)25-8-3-13(4-9-25)15-2-7-20-16(24-15)23-14-10-18-12-19-11-14/h1-2,5-7,10-13H,3-4,8-9H2,(H,20,23,24). The monoisotopic (exact) mass is 334 g/mol. The van der Waals surface area contributed by atoms with Crippen LogP contribution in [0.25, 0.3) is 0 Å². The fraction of sp³-hybridized carbons (Fsp3) is 0.294. The van der Waals surface area contributed by atoms with E-state index in [4.69, 9.17) is 0 Å². The topological polar surface area (TPSA) is 92.6 Å². The van der Waals surface area contributed by atoms with E-state index >= 15 is 0 Å². The van der Waals surface area contributed by atoms with Gasteiger partial charge in [0.05, 0.1) is 18.1 Å². The molecule has 3 aromatic heterocycles. The number of hydrogen-bond donors (Lipinski definition) is 1. The molecule has 0 radical (unpaired) electrons. The smallest absolute Gasteiger partial charge is 0.227 e. The van der Waals surface area contributed by atoms with Crippen LogP contribution in [-0.2, 0) is 0 Å². The molecule has 3 aromatic rings. The highest BCUT2D eigenvalue weighted by atomic mass is 15.2. The van der Waals surface area contributed by atoms with Crippen molar-refractivity contribution < 1.29 is 0 Å². The molecular weight excluding hydrogens is 316 g/mol. The lowest BCUT2D eigenvalue weighted by molar-refractivity contribution is 0.490. The van der Waals surface area contributed by atoms with E-state index in [1.54, 1.807) is 31.0 Å². The molecule has 0 atom stereocenters. The molecular formula is C17H18N8. The Bertz CT molecular complexity index is 803. The molecule has 0 unspecified atom stereocenters. The van der Waals surface area contributed by atoms with Crippen LogP contribution in [0.1, 0.15) is 24.5 Å². The Morgan fingerprint density at radius 3 is 2.48 bits per heavy atom. The first-order valence-corrected chi connectivity index (χ1v) is 8.25. The number of hydrogen-bond acceptors (Lipinski definition) is 8. The molecule has 0 saturated carbocycles. The summed E-state index contributed by atoms with van der Waals surface area (Å²) in [6.07, 6.45) is 12.3. The van der Waals surface area contributed by atoms with Crippen LogP contribution >= 0.6 is 0 Å². The lowest BCUT2D eigenvalue weighted by atomic mass is 9.93. The fourth-order valence-corrected chi connectivity index (χ4v) is 2.98. The summed E-state index contributed by atoms with van der Waals surface area (Å²) in [4.78, 5) is 27.8. The van der Waals surface area contributed by atoms with E-state index in [0.29, 0.717) is 11.9 Å². The number of nitrogens with zero attached hydrogens (tertiary/aromatic N) is 7. The maximum absolute atomic E-state index is 4.66. The lowest BCUT2D eigenvalue weighted by Crippen LogP contribution is -2.34. The minimum absolute atomic E-state index is 0.413. The summed E-state index contributed by atoms with van der Waals surface area (Å²) < 4.78 is 0. The van der Waals surface area contributed by atoms with Crippen LogP contribution in [-0.4, -0.2) is 43.0 Å². The summed E-state index contributed by atoms with van der Waals surface area (Å²) in [7, 11) is 0. The van der Waals surface area contributed by atoms with Gasteiger partial charge in [0.1, 0.15) is 6.33 Å². The second kappa shape index (κ2) is 7.16. The minimum atomic E-state index is 0.413. The van der Waals surface area contributed by atoms with Gasteiger partial charge in [0.2, 0.25) is 11.9 Å². The average Bonchev–Trinajstić information content (AvgIpc) is 2.70. The van der Waals surface area contributed by atoms with Gasteiger partial charge in [-0.05, 0) is 25.0 Å². The molecule has 1 fully saturated rings. The van der Waals surface area contributed by atoms with E-state index in [2.05, 4.69) is 40.1 Å². The SMILES string of the molecule is c1cnc(N2CCC(c3ccnc(Nc4cncnc4)n3)CC2)nc1. The number of rotatable bonds is 4. The summed E-state index contributed by atoms with van der Waals surface area (Å²) in [5, 5.41) is 3.14. The largest absolute Gasteiger partial charge is 0.341 e. The highest BCUT2D eigenvalue weighted by Crippen LogP contribution is 2.28. The van der Waals surface area contributed by atoms with Crippen molar-refractivity contribution in [3.63, 3.8) is 0 Å².